The number of amides is 3. The van der Waals surface area contributed by atoms with Crippen LogP contribution in [0.3, 0.4) is 0 Å². The van der Waals surface area contributed by atoms with Crippen molar-refractivity contribution in [3.63, 3.8) is 0 Å². The van der Waals surface area contributed by atoms with Gasteiger partial charge in [0.25, 0.3) is 0 Å². The molecule has 40 heavy (non-hydrogen) atoms. The lowest BCUT2D eigenvalue weighted by Gasteiger charge is -2.37. The summed E-state index contributed by atoms with van der Waals surface area (Å²) in [6.07, 6.45) is 2.78. The smallest absolute Gasteiger partial charge is 0.243 e. The van der Waals surface area contributed by atoms with Crippen molar-refractivity contribution in [2.45, 2.75) is 44.3 Å². The zero-order chi connectivity index (χ0) is 29.0. The van der Waals surface area contributed by atoms with Gasteiger partial charge in [-0.1, -0.05) is 105 Å². The van der Waals surface area contributed by atoms with Crippen LogP contribution >= 0.6 is 11.8 Å². The second-order valence-corrected chi connectivity index (χ2v) is 11.2. The fourth-order valence-electron chi connectivity index (χ4n) is 4.83. The van der Waals surface area contributed by atoms with Crippen LogP contribution in [-0.2, 0) is 19.9 Å². The number of thioether (sulfide) groups is 1. The molecule has 0 aliphatic rings. The van der Waals surface area contributed by atoms with Crippen molar-refractivity contribution in [1.29, 1.82) is 0 Å². The Bertz CT molecular complexity index is 1130. The highest BCUT2D eigenvalue weighted by Crippen LogP contribution is 2.36. The van der Waals surface area contributed by atoms with E-state index in [0.29, 0.717) is 18.6 Å². The predicted octanol–water partition coefficient (Wildman–Crippen LogP) is 3.82. The molecule has 0 fully saturated rings. The number of rotatable bonds is 15. The summed E-state index contributed by atoms with van der Waals surface area (Å²) in [6, 6.07) is 28.4. The van der Waals surface area contributed by atoms with E-state index in [0.717, 1.165) is 16.7 Å². The molecule has 212 valence electrons. The minimum Gasteiger partial charge on any atom is -0.368 e. The Morgan fingerprint density at radius 3 is 1.65 bits per heavy atom. The third-order valence-corrected chi connectivity index (χ3v) is 7.41. The molecule has 0 saturated heterocycles. The number of carbonyl (C=O) groups is 3. The van der Waals surface area contributed by atoms with E-state index >= 15 is 0 Å². The molecule has 0 aromatic heterocycles. The van der Waals surface area contributed by atoms with E-state index < -0.39 is 29.4 Å². The van der Waals surface area contributed by atoms with E-state index in [-0.39, 0.29) is 18.4 Å². The largest absolute Gasteiger partial charge is 0.368 e. The summed E-state index contributed by atoms with van der Waals surface area (Å²) >= 11 is 1.57. The molecule has 8 heteroatoms. The summed E-state index contributed by atoms with van der Waals surface area (Å²) in [4.78, 5) is 38.5. The standard InChI is InChI=1S/C32H40N4O3S/c1-23(2)21-28(31(39)36-27(30(33)38)19-20-40-3)35-29(37)22-34-32(24-13-7-4-8-14-24,25-15-9-5-10-16-25)26-17-11-6-12-18-26/h4-18,23,27-28,34H,19-22H2,1-3H3,(H2,33,38)(H,35,37)(H,36,39)/t27-,28-/m0/s1. The lowest BCUT2D eigenvalue weighted by Crippen LogP contribution is -2.55. The second kappa shape index (κ2) is 15.2. The van der Waals surface area contributed by atoms with E-state index in [1.165, 1.54) is 0 Å². The Morgan fingerprint density at radius 1 is 0.775 bits per heavy atom. The maximum absolute atomic E-state index is 13.4. The average Bonchev–Trinajstić information content (AvgIpc) is 2.96. The fourth-order valence-corrected chi connectivity index (χ4v) is 5.30. The molecule has 0 heterocycles. The normalized spacial score (nSPS) is 12.9. The number of carbonyl (C=O) groups excluding carboxylic acids is 3. The maximum Gasteiger partial charge on any atom is 0.243 e. The highest BCUT2D eigenvalue weighted by atomic mass is 32.2. The molecular formula is C32H40N4O3S. The van der Waals surface area contributed by atoms with Crippen LogP contribution < -0.4 is 21.7 Å². The topological polar surface area (TPSA) is 113 Å². The van der Waals surface area contributed by atoms with Gasteiger partial charge in [0.15, 0.2) is 0 Å². The van der Waals surface area contributed by atoms with Gasteiger partial charge in [0, 0.05) is 0 Å². The monoisotopic (exact) mass is 560 g/mol. The molecular weight excluding hydrogens is 520 g/mol. The third-order valence-electron chi connectivity index (χ3n) is 6.76. The van der Waals surface area contributed by atoms with Crippen molar-refractivity contribution in [3.8, 4) is 0 Å². The zero-order valence-electron chi connectivity index (χ0n) is 23.4. The minimum absolute atomic E-state index is 0.0493. The summed E-state index contributed by atoms with van der Waals surface area (Å²) in [7, 11) is 0. The van der Waals surface area contributed by atoms with Crippen molar-refractivity contribution in [2.24, 2.45) is 11.7 Å². The van der Waals surface area contributed by atoms with Crippen LogP contribution in [0.25, 0.3) is 0 Å². The zero-order valence-corrected chi connectivity index (χ0v) is 24.2. The van der Waals surface area contributed by atoms with Gasteiger partial charge in [-0.2, -0.15) is 11.8 Å². The summed E-state index contributed by atoms with van der Waals surface area (Å²) in [5.74, 6) is -0.504. The van der Waals surface area contributed by atoms with Crippen LogP contribution in [0.4, 0.5) is 0 Å². The predicted molar refractivity (Wildman–Crippen MR) is 163 cm³/mol. The molecule has 0 spiro atoms. The van der Waals surface area contributed by atoms with E-state index in [2.05, 4.69) is 16.0 Å². The molecule has 0 unspecified atom stereocenters. The average molecular weight is 561 g/mol. The Kier molecular flexibility index (Phi) is 11.8. The number of primary amides is 1. The number of benzene rings is 3. The van der Waals surface area contributed by atoms with Gasteiger partial charge in [-0.3, -0.25) is 19.7 Å². The van der Waals surface area contributed by atoms with E-state index in [1.54, 1.807) is 11.8 Å². The number of hydrogen-bond acceptors (Lipinski definition) is 5. The molecule has 5 N–H and O–H groups in total. The summed E-state index contributed by atoms with van der Waals surface area (Å²) in [6.45, 7) is 3.91. The van der Waals surface area contributed by atoms with E-state index in [4.69, 9.17) is 5.73 Å². The number of hydrogen-bond donors (Lipinski definition) is 4. The molecule has 7 nitrogen and oxygen atoms in total. The van der Waals surface area contributed by atoms with Gasteiger partial charge in [0.05, 0.1) is 12.1 Å². The first-order valence-electron chi connectivity index (χ1n) is 13.6. The summed E-state index contributed by atoms with van der Waals surface area (Å²) < 4.78 is 0. The van der Waals surface area contributed by atoms with Crippen molar-refractivity contribution < 1.29 is 14.4 Å². The molecule has 2 atom stereocenters. The van der Waals surface area contributed by atoms with Crippen molar-refractivity contribution in [1.82, 2.24) is 16.0 Å². The third kappa shape index (κ3) is 8.19. The quantitative estimate of drug-likeness (QED) is 0.211. The van der Waals surface area contributed by atoms with Gasteiger partial charge < -0.3 is 16.4 Å². The van der Waals surface area contributed by atoms with Crippen LogP contribution in [0.5, 0.6) is 0 Å². The molecule has 3 aromatic rings. The molecule has 0 saturated carbocycles. The lowest BCUT2D eigenvalue weighted by molar-refractivity contribution is -0.131. The summed E-state index contributed by atoms with van der Waals surface area (Å²) in [5.41, 5.74) is 7.66. The molecule has 0 aliphatic carbocycles. The Morgan fingerprint density at radius 2 is 1.25 bits per heavy atom. The maximum atomic E-state index is 13.4. The molecule has 0 bridgehead atoms. The Hall–Kier alpha value is -3.62. The highest BCUT2D eigenvalue weighted by Gasteiger charge is 2.36. The second-order valence-electron chi connectivity index (χ2n) is 10.2. The Labute approximate surface area is 241 Å². The first kappa shape index (κ1) is 30.9. The molecule has 0 aliphatic heterocycles. The first-order chi connectivity index (χ1) is 19.3. The van der Waals surface area contributed by atoms with Crippen LogP contribution in [0.1, 0.15) is 43.4 Å². The van der Waals surface area contributed by atoms with Gasteiger partial charge >= 0.3 is 0 Å². The fraction of sp³-hybridized carbons (Fsp3) is 0.344. The minimum atomic E-state index is -0.814. The Balaban J connectivity index is 1.88. The van der Waals surface area contributed by atoms with Crippen LogP contribution in [0.2, 0.25) is 0 Å². The SMILES string of the molecule is CSCC[C@H](NC(=O)[C@H](CC(C)C)NC(=O)CNC(c1ccccc1)(c1ccccc1)c1ccccc1)C(N)=O. The van der Waals surface area contributed by atoms with Crippen molar-refractivity contribution in [2.75, 3.05) is 18.6 Å². The summed E-state index contributed by atoms with van der Waals surface area (Å²) in [5, 5.41) is 9.20. The lowest BCUT2D eigenvalue weighted by atomic mass is 9.77. The van der Waals surface area contributed by atoms with Crippen LogP contribution in [-0.4, -0.2) is 48.4 Å². The van der Waals surface area contributed by atoms with Gasteiger partial charge in [0.1, 0.15) is 12.1 Å². The number of nitrogens with two attached hydrogens (primary N) is 1. The van der Waals surface area contributed by atoms with Gasteiger partial charge in [0.2, 0.25) is 17.7 Å². The van der Waals surface area contributed by atoms with E-state index in [1.807, 2.05) is 111 Å². The first-order valence-corrected chi connectivity index (χ1v) is 15.0. The molecule has 3 aromatic carbocycles. The molecule has 3 amide bonds. The van der Waals surface area contributed by atoms with Gasteiger partial charge in [-0.05, 0) is 47.5 Å². The highest BCUT2D eigenvalue weighted by molar-refractivity contribution is 7.98. The van der Waals surface area contributed by atoms with Gasteiger partial charge in [-0.25, -0.2) is 0 Å². The van der Waals surface area contributed by atoms with E-state index in [9.17, 15) is 14.4 Å². The van der Waals surface area contributed by atoms with Crippen LogP contribution in [0.15, 0.2) is 91.0 Å². The van der Waals surface area contributed by atoms with Crippen molar-refractivity contribution in [3.05, 3.63) is 108 Å². The van der Waals surface area contributed by atoms with Gasteiger partial charge in [-0.15, -0.1) is 0 Å². The number of nitrogens with one attached hydrogen (secondary N) is 3. The van der Waals surface area contributed by atoms with Crippen LogP contribution in [0, 0.1) is 5.92 Å². The molecule has 3 rings (SSSR count). The molecule has 0 radical (unpaired) electrons. The van der Waals surface area contributed by atoms with Crippen molar-refractivity contribution >= 4 is 29.5 Å².